The zero-order valence-electron chi connectivity index (χ0n) is 9.16. The van der Waals surface area contributed by atoms with Gasteiger partial charge in [0.05, 0.1) is 6.61 Å². The maximum Gasteiger partial charge on any atom is 0.0589 e. The minimum atomic E-state index is 0.697. The number of hydrogen-bond acceptors (Lipinski definition) is 3. The zero-order valence-corrected chi connectivity index (χ0v) is 9.92. The van der Waals surface area contributed by atoms with E-state index in [4.69, 9.17) is 22.1 Å². The molecule has 0 unspecified atom stereocenters. The molecule has 0 aliphatic carbocycles. The molecular formula is C11H17ClN2O. The standard InChI is InChI=1S/C11H17ClN2O/c1-14(5-6-15-2)8-9-3-4-10(13)7-11(9)12/h3-4,7H,5-6,8,13H2,1-2H3. The van der Waals surface area contributed by atoms with Crippen LogP contribution in [0.1, 0.15) is 5.56 Å². The molecule has 0 amide bonds. The molecule has 0 aliphatic rings. The van der Waals surface area contributed by atoms with E-state index in [1.54, 1.807) is 13.2 Å². The first kappa shape index (κ1) is 12.3. The Kier molecular flexibility index (Phi) is 4.88. The largest absolute Gasteiger partial charge is 0.399 e. The van der Waals surface area contributed by atoms with E-state index < -0.39 is 0 Å². The van der Waals surface area contributed by atoms with E-state index in [0.717, 1.165) is 30.3 Å². The molecule has 0 aromatic heterocycles. The summed E-state index contributed by atoms with van der Waals surface area (Å²) in [5.41, 5.74) is 7.41. The molecule has 1 aromatic rings. The second-order valence-electron chi connectivity index (χ2n) is 3.58. The first-order valence-corrected chi connectivity index (χ1v) is 5.22. The van der Waals surface area contributed by atoms with Crippen LogP contribution in [0.2, 0.25) is 5.02 Å². The van der Waals surface area contributed by atoms with Crippen LogP contribution in [0.5, 0.6) is 0 Å². The number of nitrogens with two attached hydrogens (primary N) is 1. The summed E-state index contributed by atoms with van der Waals surface area (Å²) in [7, 11) is 3.73. The van der Waals surface area contributed by atoms with Gasteiger partial charge in [0.1, 0.15) is 0 Å². The third-order valence-electron chi connectivity index (χ3n) is 2.19. The van der Waals surface area contributed by atoms with Crippen LogP contribution >= 0.6 is 11.6 Å². The number of methoxy groups -OCH3 is 1. The van der Waals surface area contributed by atoms with Crippen molar-refractivity contribution in [2.45, 2.75) is 6.54 Å². The third kappa shape index (κ3) is 4.08. The van der Waals surface area contributed by atoms with Crippen molar-refractivity contribution in [3.05, 3.63) is 28.8 Å². The summed E-state index contributed by atoms with van der Waals surface area (Å²) in [4.78, 5) is 2.15. The normalized spacial score (nSPS) is 10.9. The molecule has 0 spiro atoms. The fraction of sp³-hybridized carbons (Fsp3) is 0.455. The Hall–Kier alpha value is -0.770. The average Bonchev–Trinajstić information content (AvgIpc) is 2.19. The predicted molar refractivity (Wildman–Crippen MR) is 64.1 cm³/mol. The van der Waals surface area contributed by atoms with Gasteiger partial charge in [0.25, 0.3) is 0 Å². The van der Waals surface area contributed by atoms with E-state index in [1.807, 2.05) is 19.2 Å². The molecular weight excluding hydrogens is 212 g/mol. The molecule has 1 aromatic carbocycles. The van der Waals surface area contributed by atoms with Gasteiger partial charge < -0.3 is 10.5 Å². The van der Waals surface area contributed by atoms with Crippen LogP contribution < -0.4 is 5.73 Å². The van der Waals surface area contributed by atoms with Gasteiger partial charge in [-0.15, -0.1) is 0 Å². The second kappa shape index (κ2) is 5.95. The quantitative estimate of drug-likeness (QED) is 0.784. The lowest BCUT2D eigenvalue weighted by Crippen LogP contribution is -2.22. The molecule has 1 rings (SSSR count). The van der Waals surface area contributed by atoms with Crippen LogP contribution in [0.4, 0.5) is 5.69 Å². The van der Waals surface area contributed by atoms with E-state index in [1.165, 1.54) is 0 Å². The van der Waals surface area contributed by atoms with Gasteiger partial charge in [-0.2, -0.15) is 0 Å². The summed E-state index contributed by atoms with van der Waals surface area (Å²) < 4.78 is 5.00. The van der Waals surface area contributed by atoms with Crippen molar-refractivity contribution in [1.82, 2.24) is 4.90 Å². The molecule has 4 heteroatoms. The fourth-order valence-corrected chi connectivity index (χ4v) is 1.56. The van der Waals surface area contributed by atoms with E-state index >= 15 is 0 Å². The highest BCUT2D eigenvalue weighted by atomic mass is 35.5. The molecule has 0 heterocycles. The lowest BCUT2D eigenvalue weighted by molar-refractivity contribution is 0.158. The van der Waals surface area contributed by atoms with Crippen LogP contribution in [-0.2, 0) is 11.3 Å². The number of nitrogen functional groups attached to an aromatic ring is 1. The average molecular weight is 229 g/mol. The highest BCUT2D eigenvalue weighted by molar-refractivity contribution is 6.31. The third-order valence-corrected chi connectivity index (χ3v) is 2.55. The highest BCUT2D eigenvalue weighted by Gasteiger charge is 2.04. The maximum absolute atomic E-state index is 6.07. The lowest BCUT2D eigenvalue weighted by Gasteiger charge is -2.16. The SMILES string of the molecule is COCCN(C)Cc1ccc(N)cc1Cl. The van der Waals surface area contributed by atoms with Crippen molar-refractivity contribution in [2.75, 3.05) is 33.0 Å². The van der Waals surface area contributed by atoms with Gasteiger partial charge >= 0.3 is 0 Å². The number of ether oxygens (including phenoxy) is 1. The van der Waals surface area contributed by atoms with Gasteiger partial charge in [-0.3, -0.25) is 4.90 Å². The van der Waals surface area contributed by atoms with Crippen molar-refractivity contribution in [2.24, 2.45) is 0 Å². The summed E-state index contributed by atoms with van der Waals surface area (Å²) in [5, 5.41) is 0.722. The molecule has 0 atom stereocenters. The first-order valence-electron chi connectivity index (χ1n) is 4.85. The van der Waals surface area contributed by atoms with E-state index in [9.17, 15) is 0 Å². The number of halogens is 1. The molecule has 15 heavy (non-hydrogen) atoms. The fourth-order valence-electron chi connectivity index (χ4n) is 1.31. The van der Waals surface area contributed by atoms with Gasteiger partial charge in [-0.1, -0.05) is 17.7 Å². The first-order chi connectivity index (χ1) is 7.13. The molecule has 0 saturated heterocycles. The van der Waals surface area contributed by atoms with Gasteiger partial charge in [-0.05, 0) is 24.7 Å². The van der Waals surface area contributed by atoms with E-state index in [2.05, 4.69) is 4.90 Å². The van der Waals surface area contributed by atoms with Crippen LogP contribution in [-0.4, -0.2) is 32.2 Å². The molecule has 84 valence electrons. The Labute approximate surface area is 95.8 Å². The topological polar surface area (TPSA) is 38.5 Å². The van der Waals surface area contributed by atoms with Crippen LogP contribution in [0.15, 0.2) is 18.2 Å². The van der Waals surface area contributed by atoms with Gasteiger partial charge in [0, 0.05) is 30.9 Å². The van der Waals surface area contributed by atoms with Gasteiger partial charge in [-0.25, -0.2) is 0 Å². The molecule has 3 nitrogen and oxygen atoms in total. The van der Waals surface area contributed by atoms with E-state index in [-0.39, 0.29) is 0 Å². The van der Waals surface area contributed by atoms with Crippen molar-refractivity contribution >= 4 is 17.3 Å². The van der Waals surface area contributed by atoms with Crippen molar-refractivity contribution in [3.8, 4) is 0 Å². The van der Waals surface area contributed by atoms with Gasteiger partial charge in [0.2, 0.25) is 0 Å². The predicted octanol–water partition coefficient (Wildman–Crippen LogP) is 2.00. The minimum absolute atomic E-state index is 0.697. The number of nitrogens with zero attached hydrogens (tertiary/aromatic N) is 1. The number of rotatable bonds is 5. The number of benzene rings is 1. The van der Waals surface area contributed by atoms with Crippen LogP contribution in [0, 0.1) is 0 Å². The number of likely N-dealkylation sites (N-methyl/N-ethyl adjacent to an activating group) is 1. The van der Waals surface area contributed by atoms with E-state index in [0.29, 0.717) is 5.69 Å². The Morgan fingerprint density at radius 1 is 1.47 bits per heavy atom. The molecule has 0 aliphatic heterocycles. The molecule has 0 bridgehead atoms. The van der Waals surface area contributed by atoms with Crippen molar-refractivity contribution in [1.29, 1.82) is 0 Å². The smallest absolute Gasteiger partial charge is 0.0589 e. The second-order valence-corrected chi connectivity index (χ2v) is 3.99. The van der Waals surface area contributed by atoms with Crippen LogP contribution in [0.3, 0.4) is 0 Å². The number of hydrogen-bond donors (Lipinski definition) is 1. The Bertz CT molecular complexity index is 317. The molecule has 0 saturated carbocycles. The minimum Gasteiger partial charge on any atom is -0.399 e. The zero-order chi connectivity index (χ0) is 11.3. The number of anilines is 1. The van der Waals surface area contributed by atoms with Crippen molar-refractivity contribution < 1.29 is 4.74 Å². The molecule has 0 fully saturated rings. The maximum atomic E-state index is 6.07. The Balaban J connectivity index is 2.56. The Morgan fingerprint density at radius 3 is 2.80 bits per heavy atom. The summed E-state index contributed by atoms with van der Waals surface area (Å²) in [5.74, 6) is 0. The molecule has 2 N–H and O–H groups in total. The van der Waals surface area contributed by atoms with Gasteiger partial charge in [0.15, 0.2) is 0 Å². The monoisotopic (exact) mass is 228 g/mol. The lowest BCUT2D eigenvalue weighted by atomic mass is 10.2. The summed E-state index contributed by atoms with van der Waals surface area (Å²) in [6.07, 6.45) is 0. The van der Waals surface area contributed by atoms with Crippen LogP contribution in [0.25, 0.3) is 0 Å². The Morgan fingerprint density at radius 2 is 2.20 bits per heavy atom. The van der Waals surface area contributed by atoms with Crippen molar-refractivity contribution in [3.63, 3.8) is 0 Å². The summed E-state index contributed by atoms with van der Waals surface area (Å²) in [6, 6.07) is 5.60. The molecule has 0 radical (unpaired) electrons. The highest BCUT2D eigenvalue weighted by Crippen LogP contribution is 2.20. The summed E-state index contributed by atoms with van der Waals surface area (Å²) in [6.45, 7) is 2.42. The summed E-state index contributed by atoms with van der Waals surface area (Å²) >= 11 is 6.07.